The van der Waals surface area contributed by atoms with Crippen molar-refractivity contribution in [3.63, 3.8) is 0 Å². The van der Waals surface area contributed by atoms with Crippen molar-refractivity contribution in [2.75, 3.05) is 5.32 Å². The van der Waals surface area contributed by atoms with E-state index in [4.69, 9.17) is 10.5 Å². The van der Waals surface area contributed by atoms with Gasteiger partial charge < -0.3 is 15.8 Å². The third-order valence-electron chi connectivity index (χ3n) is 4.46. The summed E-state index contributed by atoms with van der Waals surface area (Å²) in [5.74, 6) is 7.92. The fourth-order valence-electron chi connectivity index (χ4n) is 2.99. The third-order valence-corrected chi connectivity index (χ3v) is 4.46. The average Bonchev–Trinajstić information content (AvgIpc) is 2.80. The van der Waals surface area contributed by atoms with Crippen molar-refractivity contribution in [3.8, 4) is 23.3 Å². The van der Waals surface area contributed by atoms with Crippen LogP contribution in [0.4, 0.5) is 11.5 Å². The molecule has 6 heteroatoms. The summed E-state index contributed by atoms with van der Waals surface area (Å²) >= 11 is 0. The van der Waals surface area contributed by atoms with Gasteiger partial charge >= 0.3 is 0 Å². The van der Waals surface area contributed by atoms with Crippen LogP contribution in [0.25, 0.3) is 0 Å². The first-order valence-electron chi connectivity index (χ1n) is 9.95. The molecule has 0 spiro atoms. The van der Waals surface area contributed by atoms with Crippen molar-refractivity contribution in [2.45, 2.75) is 6.42 Å². The summed E-state index contributed by atoms with van der Waals surface area (Å²) < 4.78 is 5.82. The van der Waals surface area contributed by atoms with Crippen LogP contribution in [0, 0.1) is 11.8 Å². The van der Waals surface area contributed by atoms with Crippen LogP contribution in [0.2, 0.25) is 0 Å². The second kappa shape index (κ2) is 9.92. The molecule has 1 heterocycles. The van der Waals surface area contributed by atoms with Crippen LogP contribution < -0.4 is 15.8 Å². The highest BCUT2D eigenvalue weighted by Gasteiger charge is 2.04. The van der Waals surface area contributed by atoms with Gasteiger partial charge in [-0.1, -0.05) is 42.2 Å². The molecule has 4 aromatic rings. The molecule has 0 radical (unpaired) electrons. The van der Waals surface area contributed by atoms with Crippen molar-refractivity contribution >= 4 is 17.4 Å². The molecule has 0 saturated heterocycles. The number of primary amides is 1. The number of rotatable bonds is 6. The molecule has 1 amide bonds. The van der Waals surface area contributed by atoms with E-state index in [1.165, 1.54) is 6.33 Å². The monoisotopic (exact) mass is 420 g/mol. The predicted molar refractivity (Wildman–Crippen MR) is 124 cm³/mol. The maximum atomic E-state index is 11.1. The van der Waals surface area contributed by atoms with Gasteiger partial charge in [0.15, 0.2) is 0 Å². The minimum Gasteiger partial charge on any atom is -0.457 e. The highest BCUT2D eigenvalue weighted by atomic mass is 16.5. The molecular formula is C26H20N4O2. The predicted octanol–water partition coefficient (Wildman–Crippen LogP) is 4.44. The first-order valence-corrected chi connectivity index (χ1v) is 9.95. The third kappa shape index (κ3) is 5.71. The molecule has 3 aromatic carbocycles. The Kier molecular flexibility index (Phi) is 6.39. The fraction of sp³-hybridized carbons (Fsp3) is 0.0385. The van der Waals surface area contributed by atoms with E-state index in [-0.39, 0.29) is 12.3 Å². The lowest BCUT2D eigenvalue weighted by molar-refractivity contribution is -0.117. The number of amides is 1. The molecule has 0 atom stereocenters. The van der Waals surface area contributed by atoms with Gasteiger partial charge in [-0.15, -0.1) is 0 Å². The Hall–Kier alpha value is -4.63. The van der Waals surface area contributed by atoms with E-state index in [0.717, 1.165) is 28.3 Å². The minimum absolute atomic E-state index is 0.181. The molecule has 4 rings (SSSR count). The topological polar surface area (TPSA) is 90.1 Å². The van der Waals surface area contributed by atoms with Crippen LogP contribution in [0.1, 0.15) is 16.7 Å². The number of carbonyl (C=O) groups is 1. The zero-order valence-electron chi connectivity index (χ0n) is 17.2. The summed E-state index contributed by atoms with van der Waals surface area (Å²) in [6, 6.07) is 24.6. The Balaban J connectivity index is 1.49. The van der Waals surface area contributed by atoms with Gasteiger partial charge in [-0.05, 0) is 54.1 Å². The van der Waals surface area contributed by atoms with Gasteiger partial charge in [0.1, 0.15) is 23.6 Å². The molecule has 0 unspecified atom stereocenters. The number of anilines is 2. The molecular weight excluding hydrogens is 400 g/mol. The van der Waals surface area contributed by atoms with Gasteiger partial charge in [0, 0.05) is 17.4 Å². The number of aromatic nitrogens is 2. The number of nitrogens with one attached hydrogen (secondary N) is 1. The van der Waals surface area contributed by atoms with Crippen molar-refractivity contribution in [2.24, 2.45) is 5.73 Å². The van der Waals surface area contributed by atoms with Gasteiger partial charge in [-0.2, -0.15) is 0 Å². The van der Waals surface area contributed by atoms with E-state index in [9.17, 15) is 4.79 Å². The average molecular weight is 420 g/mol. The first-order chi connectivity index (χ1) is 15.7. The highest BCUT2D eigenvalue weighted by Crippen LogP contribution is 2.24. The van der Waals surface area contributed by atoms with Crippen LogP contribution in [0.15, 0.2) is 91.4 Å². The Morgan fingerprint density at radius 2 is 1.72 bits per heavy atom. The Morgan fingerprint density at radius 3 is 2.50 bits per heavy atom. The summed E-state index contributed by atoms with van der Waals surface area (Å²) in [7, 11) is 0. The van der Waals surface area contributed by atoms with Crippen LogP contribution in [0.5, 0.6) is 11.5 Å². The van der Waals surface area contributed by atoms with Crippen LogP contribution in [-0.2, 0) is 11.2 Å². The number of carbonyl (C=O) groups excluding carboxylic acids is 1. The molecule has 0 saturated carbocycles. The van der Waals surface area contributed by atoms with E-state index < -0.39 is 0 Å². The molecule has 0 aliphatic carbocycles. The maximum Gasteiger partial charge on any atom is 0.221 e. The van der Waals surface area contributed by atoms with Gasteiger partial charge in [-0.25, -0.2) is 9.97 Å². The molecule has 156 valence electrons. The zero-order chi connectivity index (χ0) is 22.2. The molecule has 32 heavy (non-hydrogen) atoms. The summed E-state index contributed by atoms with van der Waals surface area (Å²) in [5, 5.41) is 3.27. The summed E-state index contributed by atoms with van der Waals surface area (Å²) in [5.41, 5.74) is 8.37. The largest absolute Gasteiger partial charge is 0.457 e. The summed E-state index contributed by atoms with van der Waals surface area (Å²) in [6.07, 6.45) is 3.30. The molecule has 3 N–H and O–H groups in total. The number of para-hydroxylation sites is 1. The first kappa shape index (κ1) is 20.6. The van der Waals surface area contributed by atoms with Crippen molar-refractivity contribution in [1.29, 1.82) is 0 Å². The summed E-state index contributed by atoms with van der Waals surface area (Å²) in [4.78, 5) is 19.5. The number of ether oxygens (including phenoxy) is 1. The number of nitrogens with two attached hydrogens (primary N) is 1. The molecule has 0 aliphatic heterocycles. The Morgan fingerprint density at radius 1 is 0.938 bits per heavy atom. The SMILES string of the molecule is NC(=O)Cc1cccc(C#Cc2cncnc2Nc2ccc(Oc3ccccc3)cc2)c1. The second-order valence-corrected chi connectivity index (χ2v) is 6.94. The van der Waals surface area contributed by atoms with E-state index in [1.54, 1.807) is 6.20 Å². The second-order valence-electron chi connectivity index (χ2n) is 6.94. The van der Waals surface area contributed by atoms with Crippen LogP contribution >= 0.6 is 0 Å². The molecule has 6 nitrogen and oxygen atoms in total. The number of nitrogens with zero attached hydrogens (tertiary/aromatic N) is 2. The van der Waals surface area contributed by atoms with Crippen LogP contribution in [-0.4, -0.2) is 15.9 Å². The lowest BCUT2D eigenvalue weighted by Crippen LogP contribution is -2.13. The van der Waals surface area contributed by atoms with Crippen molar-refractivity contribution in [1.82, 2.24) is 9.97 Å². The van der Waals surface area contributed by atoms with Gasteiger partial charge in [0.25, 0.3) is 0 Å². The lowest BCUT2D eigenvalue weighted by atomic mass is 10.1. The fourth-order valence-corrected chi connectivity index (χ4v) is 2.99. The standard InChI is InChI=1S/C26H20N4O2/c27-25(31)16-20-6-4-5-19(15-20)9-10-21-17-28-18-29-26(21)30-22-11-13-24(14-12-22)32-23-7-2-1-3-8-23/h1-8,11-15,17-18H,16H2,(H2,27,31)(H,28,29,30). The van der Waals surface area contributed by atoms with Crippen molar-refractivity contribution in [3.05, 3.63) is 108 Å². The Bertz CT molecular complexity index is 1280. The molecule has 0 aliphatic rings. The highest BCUT2D eigenvalue weighted by molar-refractivity contribution is 5.76. The van der Waals surface area contributed by atoms with Crippen LogP contribution in [0.3, 0.4) is 0 Å². The number of hydrogen-bond acceptors (Lipinski definition) is 5. The minimum atomic E-state index is -0.377. The Labute approximate surface area is 186 Å². The van der Waals surface area contributed by atoms with E-state index >= 15 is 0 Å². The molecule has 1 aromatic heterocycles. The summed E-state index contributed by atoms with van der Waals surface area (Å²) in [6.45, 7) is 0. The zero-order valence-corrected chi connectivity index (χ0v) is 17.2. The maximum absolute atomic E-state index is 11.1. The van der Waals surface area contributed by atoms with Gasteiger partial charge in [-0.3, -0.25) is 4.79 Å². The van der Waals surface area contributed by atoms with E-state index in [1.807, 2.05) is 78.9 Å². The molecule has 0 fully saturated rings. The normalized spacial score (nSPS) is 10.0. The quantitative estimate of drug-likeness (QED) is 0.450. The van der Waals surface area contributed by atoms with E-state index in [0.29, 0.717) is 11.4 Å². The number of benzene rings is 3. The lowest BCUT2D eigenvalue weighted by Gasteiger charge is -2.09. The van der Waals surface area contributed by atoms with E-state index in [2.05, 4.69) is 27.1 Å². The smallest absolute Gasteiger partial charge is 0.221 e. The van der Waals surface area contributed by atoms with Crippen molar-refractivity contribution < 1.29 is 9.53 Å². The van der Waals surface area contributed by atoms with Gasteiger partial charge in [0.05, 0.1) is 12.0 Å². The van der Waals surface area contributed by atoms with Gasteiger partial charge in [0.2, 0.25) is 5.91 Å². The molecule has 0 bridgehead atoms. The number of hydrogen-bond donors (Lipinski definition) is 2.